The van der Waals surface area contributed by atoms with E-state index in [9.17, 15) is 9.59 Å². The Labute approximate surface area is 211 Å². The zero-order chi connectivity index (χ0) is 24.4. The van der Waals surface area contributed by atoms with Gasteiger partial charge in [0.1, 0.15) is 5.65 Å². The summed E-state index contributed by atoms with van der Waals surface area (Å²) in [6, 6.07) is 22.5. The number of fused-ring (bicyclic) bond motifs is 2. The number of nitrogens with zero attached hydrogens (tertiary/aromatic N) is 4. The Morgan fingerprint density at radius 1 is 0.971 bits per heavy atom. The van der Waals surface area contributed by atoms with Crippen molar-refractivity contribution < 1.29 is 0 Å². The van der Waals surface area contributed by atoms with Crippen molar-refractivity contribution in [3.05, 3.63) is 116 Å². The highest BCUT2D eigenvalue weighted by Gasteiger charge is 2.19. The fourth-order valence-electron chi connectivity index (χ4n) is 4.19. The number of hydrogen-bond acceptors (Lipinski definition) is 5. The topological polar surface area (TPSA) is 69.3 Å². The second-order valence-corrected chi connectivity index (χ2v) is 9.67. The summed E-state index contributed by atoms with van der Waals surface area (Å²) >= 11 is 7.44. The van der Waals surface area contributed by atoms with Gasteiger partial charge in [0.15, 0.2) is 5.16 Å². The smallest absolute Gasteiger partial charge is 0.262 e. The molecule has 3 heterocycles. The molecule has 0 saturated carbocycles. The highest BCUT2D eigenvalue weighted by molar-refractivity contribution is 7.98. The van der Waals surface area contributed by atoms with Crippen LogP contribution in [0, 0.1) is 0 Å². The third-order valence-electron chi connectivity index (χ3n) is 5.95. The molecule has 0 aliphatic heterocycles. The fraction of sp³-hybridized carbons (Fsp3) is 0.185. The summed E-state index contributed by atoms with van der Waals surface area (Å²) < 4.78 is 3.24. The van der Waals surface area contributed by atoms with Gasteiger partial charge in [-0.2, -0.15) is 0 Å². The summed E-state index contributed by atoms with van der Waals surface area (Å²) in [7, 11) is 0. The molecule has 0 unspecified atom stereocenters. The van der Waals surface area contributed by atoms with E-state index < -0.39 is 0 Å². The second-order valence-electron chi connectivity index (χ2n) is 8.29. The first-order valence-electron chi connectivity index (χ1n) is 11.4. The van der Waals surface area contributed by atoms with Crippen LogP contribution in [-0.2, 0) is 12.2 Å². The number of para-hydroxylation sites is 1. The summed E-state index contributed by atoms with van der Waals surface area (Å²) in [5.41, 5.74) is 2.71. The number of hydrogen-bond donors (Lipinski definition) is 0. The molecule has 35 heavy (non-hydrogen) atoms. The average molecular weight is 503 g/mol. The number of thioether (sulfide) groups is 1. The van der Waals surface area contributed by atoms with E-state index >= 15 is 0 Å². The number of halogens is 1. The standard InChI is InChI=1S/C27H23ClN4O2S/c1-2-21(14-18-8-4-3-5-9-18)32-26(34)22-10-6-7-11-23(22)30-27(32)35-17-20-15-25(33)31-16-19(28)12-13-24(31)29-20/h3-13,15-16,21H,2,14,17H2,1H3/t21-/m0/s1. The van der Waals surface area contributed by atoms with Crippen LogP contribution in [0.2, 0.25) is 5.02 Å². The molecule has 0 N–H and O–H groups in total. The summed E-state index contributed by atoms with van der Waals surface area (Å²) in [5.74, 6) is 0.404. The molecule has 0 saturated heterocycles. The van der Waals surface area contributed by atoms with Gasteiger partial charge in [-0.1, -0.05) is 72.8 Å². The molecule has 8 heteroatoms. The van der Waals surface area contributed by atoms with Crippen molar-refractivity contribution >= 4 is 39.9 Å². The van der Waals surface area contributed by atoms with Crippen molar-refractivity contribution in [2.24, 2.45) is 0 Å². The molecule has 0 bridgehead atoms. The molecule has 2 aromatic carbocycles. The maximum absolute atomic E-state index is 13.6. The van der Waals surface area contributed by atoms with Crippen molar-refractivity contribution in [2.75, 3.05) is 0 Å². The Balaban J connectivity index is 1.55. The van der Waals surface area contributed by atoms with Gasteiger partial charge in [-0.25, -0.2) is 9.97 Å². The maximum atomic E-state index is 13.6. The number of rotatable bonds is 7. The summed E-state index contributed by atoms with van der Waals surface area (Å²) in [5, 5.41) is 1.69. The van der Waals surface area contributed by atoms with Crippen molar-refractivity contribution in [1.82, 2.24) is 18.9 Å². The number of benzene rings is 2. The van der Waals surface area contributed by atoms with Crippen molar-refractivity contribution in [1.29, 1.82) is 0 Å². The monoisotopic (exact) mass is 502 g/mol. The van der Waals surface area contributed by atoms with Gasteiger partial charge in [0, 0.05) is 24.1 Å². The van der Waals surface area contributed by atoms with Crippen LogP contribution in [0.25, 0.3) is 16.6 Å². The average Bonchev–Trinajstić information content (AvgIpc) is 2.87. The molecular formula is C27H23ClN4O2S. The molecule has 0 amide bonds. The van der Waals surface area contributed by atoms with Crippen LogP contribution < -0.4 is 11.1 Å². The molecule has 5 aromatic rings. The van der Waals surface area contributed by atoms with Crippen molar-refractivity contribution in [3.8, 4) is 0 Å². The van der Waals surface area contributed by atoms with Crippen LogP contribution in [-0.4, -0.2) is 18.9 Å². The first-order chi connectivity index (χ1) is 17.0. The highest BCUT2D eigenvalue weighted by atomic mass is 35.5. The molecule has 5 rings (SSSR count). The SMILES string of the molecule is CC[C@@H](Cc1ccccc1)n1c(SCc2cc(=O)n3cc(Cl)ccc3n2)nc2ccccc2c1=O. The number of aromatic nitrogens is 4. The lowest BCUT2D eigenvalue weighted by Gasteiger charge is -2.22. The van der Waals surface area contributed by atoms with E-state index in [4.69, 9.17) is 16.6 Å². The molecule has 0 aliphatic rings. The maximum Gasteiger partial charge on any atom is 0.262 e. The molecule has 3 aromatic heterocycles. The zero-order valence-corrected chi connectivity index (χ0v) is 20.7. The van der Waals surface area contributed by atoms with Crippen LogP contribution in [0.15, 0.2) is 93.7 Å². The third-order valence-corrected chi connectivity index (χ3v) is 7.16. The minimum atomic E-state index is -0.201. The van der Waals surface area contributed by atoms with Gasteiger partial charge in [-0.15, -0.1) is 0 Å². The van der Waals surface area contributed by atoms with Crippen molar-refractivity contribution in [2.45, 2.75) is 36.7 Å². The Hall–Kier alpha value is -3.42. The summed E-state index contributed by atoms with van der Waals surface area (Å²) in [6.45, 7) is 2.08. The molecule has 6 nitrogen and oxygen atoms in total. The van der Waals surface area contributed by atoms with E-state index in [1.54, 1.807) is 18.3 Å². The molecular weight excluding hydrogens is 480 g/mol. The van der Waals surface area contributed by atoms with Crippen LogP contribution in [0.4, 0.5) is 0 Å². The van der Waals surface area contributed by atoms with Gasteiger partial charge >= 0.3 is 0 Å². The molecule has 0 spiro atoms. The zero-order valence-electron chi connectivity index (χ0n) is 19.1. The van der Waals surface area contributed by atoms with E-state index in [0.29, 0.717) is 38.2 Å². The molecule has 0 fully saturated rings. The first-order valence-corrected chi connectivity index (χ1v) is 12.8. The Bertz CT molecular complexity index is 1630. The quantitative estimate of drug-likeness (QED) is 0.216. The van der Waals surface area contributed by atoms with Gasteiger partial charge < -0.3 is 0 Å². The van der Waals surface area contributed by atoms with E-state index in [-0.39, 0.29) is 17.2 Å². The van der Waals surface area contributed by atoms with Crippen LogP contribution in [0.3, 0.4) is 0 Å². The Morgan fingerprint density at radius 3 is 2.54 bits per heavy atom. The van der Waals surface area contributed by atoms with Gasteiger partial charge in [0.05, 0.1) is 21.6 Å². The van der Waals surface area contributed by atoms with Gasteiger partial charge in [-0.3, -0.25) is 18.6 Å². The van der Waals surface area contributed by atoms with E-state index in [2.05, 4.69) is 24.0 Å². The molecule has 0 aliphatic carbocycles. The minimum absolute atomic E-state index is 0.0536. The van der Waals surface area contributed by atoms with Gasteiger partial charge in [0.2, 0.25) is 0 Å². The minimum Gasteiger partial charge on any atom is -0.284 e. The predicted octanol–water partition coefficient (Wildman–Crippen LogP) is 5.54. The fourth-order valence-corrected chi connectivity index (χ4v) is 5.31. The lowest BCUT2D eigenvalue weighted by molar-refractivity contribution is 0.430. The van der Waals surface area contributed by atoms with Crippen LogP contribution in [0.5, 0.6) is 0 Å². The van der Waals surface area contributed by atoms with E-state index in [0.717, 1.165) is 12.8 Å². The lowest BCUT2D eigenvalue weighted by Crippen LogP contribution is -2.28. The normalized spacial score (nSPS) is 12.3. The third kappa shape index (κ3) is 4.88. The van der Waals surface area contributed by atoms with Crippen molar-refractivity contribution in [3.63, 3.8) is 0 Å². The summed E-state index contributed by atoms with van der Waals surface area (Å²) in [4.78, 5) is 35.7. The van der Waals surface area contributed by atoms with Gasteiger partial charge in [-0.05, 0) is 42.7 Å². The van der Waals surface area contributed by atoms with Crippen LogP contribution >= 0.6 is 23.4 Å². The lowest BCUT2D eigenvalue weighted by atomic mass is 10.0. The van der Waals surface area contributed by atoms with E-state index in [1.165, 1.54) is 27.8 Å². The van der Waals surface area contributed by atoms with E-state index in [1.807, 2.05) is 47.0 Å². The first kappa shape index (κ1) is 23.3. The Kier molecular flexibility index (Phi) is 6.70. The molecule has 1 atom stereocenters. The highest BCUT2D eigenvalue weighted by Crippen LogP contribution is 2.27. The Morgan fingerprint density at radius 2 is 1.74 bits per heavy atom. The van der Waals surface area contributed by atoms with Crippen LogP contribution in [0.1, 0.15) is 30.6 Å². The largest absolute Gasteiger partial charge is 0.284 e. The predicted molar refractivity (Wildman–Crippen MR) is 142 cm³/mol. The second kappa shape index (κ2) is 10.1. The van der Waals surface area contributed by atoms with Gasteiger partial charge in [0.25, 0.3) is 11.1 Å². The molecule has 176 valence electrons. The molecule has 0 radical (unpaired) electrons. The number of pyridine rings is 1. The summed E-state index contributed by atoms with van der Waals surface area (Å²) in [6.07, 6.45) is 3.06.